The van der Waals surface area contributed by atoms with Gasteiger partial charge in [0.15, 0.2) is 11.5 Å². The van der Waals surface area contributed by atoms with Crippen LogP contribution in [-0.2, 0) is 0 Å². The van der Waals surface area contributed by atoms with Gasteiger partial charge in [0, 0.05) is 16.6 Å². The van der Waals surface area contributed by atoms with Gasteiger partial charge in [0.25, 0.3) is 0 Å². The lowest BCUT2D eigenvalue weighted by Gasteiger charge is -2.18. The number of halogens is 1. The zero-order valence-corrected chi connectivity index (χ0v) is 13.4. The van der Waals surface area contributed by atoms with Crippen LogP contribution in [0.4, 0.5) is 5.69 Å². The van der Waals surface area contributed by atoms with Crippen molar-refractivity contribution in [2.75, 3.05) is 19.2 Å². The molecule has 21 heavy (non-hydrogen) atoms. The first-order valence-electron chi connectivity index (χ1n) is 6.67. The lowest BCUT2D eigenvalue weighted by atomic mass is 10.1. The summed E-state index contributed by atoms with van der Waals surface area (Å²) in [6.45, 7) is 2.39. The molecular formula is C16H16BrNO3. The average molecular weight is 350 g/mol. The van der Waals surface area contributed by atoms with Gasteiger partial charge in [-0.25, -0.2) is 0 Å². The fraction of sp³-hybridized carbons (Fsp3) is 0.250. The highest BCUT2D eigenvalue weighted by Crippen LogP contribution is 2.36. The van der Waals surface area contributed by atoms with Gasteiger partial charge in [-0.05, 0) is 52.7 Å². The van der Waals surface area contributed by atoms with Crippen LogP contribution in [0.1, 0.15) is 18.5 Å². The van der Waals surface area contributed by atoms with Crippen LogP contribution >= 0.6 is 15.9 Å². The van der Waals surface area contributed by atoms with Gasteiger partial charge in [-0.1, -0.05) is 6.07 Å². The van der Waals surface area contributed by atoms with Crippen molar-refractivity contribution >= 4 is 21.6 Å². The standard InChI is InChI=1S/C16H16BrNO3/c1-10(11-3-6-15-16(7-11)21-9-20-15)18-14-8-12(19-2)4-5-13(14)17/h3-8,10,18H,9H2,1-2H3. The number of anilines is 1. The molecule has 0 amide bonds. The van der Waals surface area contributed by atoms with Crippen molar-refractivity contribution < 1.29 is 14.2 Å². The number of nitrogens with one attached hydrogen (secondary N) is 1. The quantitative estimate of drug-likeness (QED) is 0.890. The van der Waals surface area contributed by atoms with Gasteiger partial charge in [0.05, 0.1) is 12.8 Å². The van der Waals surface area contributed by atoms with Crippen molar-refractivity contribution in [2.24, 2.45) is 0 Å². The molecule has 0 aliphatic carbocycles. The summed E-state index contributed by atoms with van der Waals surface area (Å²) in [4.78, 5) is 0. The van der Waals surface area contributed by atoms with Gasteiger partial charge in [0.2, 0.25) is 6.79 Å². The van der Waals surface area contributed by atoms with Crippen molar-refractivity contribution in [1.82, 2.24) is 0 Å². The lowest BCUT2D eigenvalue weighted by molar-refractivity contribution is 0.174. The van der Waals surface area contributed by atoms with Gasteiger partial charge in [-0.3, -0.25) is 0 Å². The molecule has 1 unspecified atom stereocenters. The Balaban J connectivity index is 1.81. The maximum Gasteiger partial charge on any atom is 0.231 e. The van der Waals surface area contributed by atoms with E-state index < -0.39 is 0 Å². The fourth-order valence-electron chi connectivity index (χ4n) is 2.24. The minimum Gasteiger partial charge on any atom is -0.497 e. The third-order valence-corrected chi connectivity index (χ3v) is 4.13. The summed E-state index contributed by atoms with van der Waals surface area (Å²) in [6.07, 6.45) is 0. The van der Waals surface area contributed by atoms with E-state index in [0.717, 1.165) is 33.0 Å². The van der Waals surface area contributed by atoms with Crippen molar-refractivity contribution in [2.45, 2.75) is 13.0 Å². The summed E-state index contributed by atoms with van der Waals surface area (Å²) in [5, 5.41) is 3.47. The highest BCUT2D eigenvalue weighted by atomic mass is 79.9. The molecule has 0 radical (unpaired) electrons. The second-order valence-electron chi connectivity index (χ2n) is 4.82. The summed E-state index contributed by atoms with van der Waals surface area (Å²) in [7, 11) is 1.66. The zero-order valence-electron chi connectivity index (χ0n) is 11.9. The summed E-state index contributed by atoms with van der Waals surface area (Å²) < 4.78 is 17.0. The molecule has 110 valence electrons. The molecule has 0 saturated carbocycles. The summed E-state index contributed by atoms with van der Waals surface area (Å²) in [6, 6.07) is 12.0. The fourth-order valence-corrected chi connectivity index (χ4v) is 2.60. The van der Waals surface area contributed by atoms with E-state index in [1.54, 1.807) is 7.11 Å². The number of ether oxygens (including phenoxy) is 3. The molecule has 0 spiro atoms. The van der Waals surface area contributed by atoms with Crippen LogP contribution in [0.25, 0.3) is 0 Å². The van der Waals surface area contributed by atoms with E-state index >= 15 is 0 Å². The van der Waals surface area contributed by atoms with E-state index in [4.69, 9.17) is 14.2 Å². The largest absolute Gasteiger partial charge is 0.497 e. The summed E-state index contributed by atoms with van der Waals surface area (Å²) in [5.74, 6) is 2.41. The van der Waals surface area contributed by atoms with Crippen molar-refractivity contribution in [3.63, 3.8) is 0 Å². The lowest BCUT2D eigenvalue weighted by Crippen LogP contribution is -2.07. The number of rotatable bonds is 4. The predicted molar refractivity (Wildman–Crippen MR) is 85.3 cm³/mol. The topological polar surface area (TPSA) is 39.7 Å². The third kappa shape index (κ3) is 2.93. The maximum absolute atomic E-state index is 5.42. The summed E-state index contributed by atoms with van der Waals surface area (Å²) >= 11 is 3.55. The van der Waals surface area contributed by atoms with Gasteiger partial charge in [-0.2, -0.15) is 0 Å². The van der Waals surface area contributed by atoms with Gasteiger partial charge >= 0.3 is 0 Å². The second kappa shape index (κ2) is 5.85. The molecule has 0 bridgehead atoms. The molecular weight excluding hydrogens is 334 g/mol. The normalized spacial score (nSPS) is 13.9. The van der Waals surface area contributed by atoms with Gasteiger partial charge in [0.1, 0.15) is 5.75 Å². The van der Waals surface area contributed by atoms with E-state index in [-0.39, 0.29) is 6.04 Å². The molecule has 3 rings (SSSR count). The molecule has 1 N–H and O–H groups in total. The number of hydrogen-bond acceptors (Lipinski definition) is 4. The Morgan fingerprint density at radius 3 is 2.76 bits per heavy atom. The molecule has 1 atom stereocenters. The Bertz CT molecular complexity index is 660. The van der Waals surface area contributed by atoms with Crippen LogP contribution < -0.4 is 19.5 Å². The first-order valence-corrected chi connectivity index (χ1v) is 7.46. The molecule has 1 heterocycles. The average Bonchev–Trinajstić information content (AvgIpc) is 2.96. The minimum absolute atomic E-state index is 0.128. The van der Waals surface area contributed by atoms with E-state index in [0.29, 0.717) is 6.79 Å². The molecule has 0 fully saturated rings. The van der Waals surface area contributed by atoms with E-state index in [2.05, 4.69) is 28.2 Å². The molecule has 4 nitrogen and oxygen atoms in total. The molecule has 0 aromatic heterocycles. The molecule has 5 heteroatoms. The van der Waals surface area contributed by atoms with Gasteiger partial charge in [-0.15, -0.1) is 0 Å². The molecule has 1 aliphatic heterocycles. The number of benzene rings is 2. The third-order valence-electron chi connectivity index (χ3n) is 3.44. The van der Waals surface area contributed by atoms with E-state index in [1.165, 1.54) is 0 Å². The Kier molecular flexibility index (Phi) is 3.92. The van der Waals surface area contributed by atoms with Crippen LogP contribution in [0.2, 0.25) is 0 Å². The highest BCUT2D eigenvalue weighted by molar-refractivity contribution is 9.10. The van der Waals surface area contributed by atoms with Crippen LogP contribution in [-0.4, -0.2) is 13.9 Å². The summed E-state index contributed by atoms with van der Waals surface area (Å²) in [5.41, 5.74) is 2.12. The minimum atomic E-state index is 0.128. The SMILES string of the molecule is COc1ccc(Br)c(NC(C)c2ccc3c(c2)OCO3)c1. The van der Waals surface area contributed by atoms with Crippen molar-refractivity contribution in [3.8, 4) is 17.2 Å². The van der Waals surface area contributed by atoms with Crippen LogP contribution in [0.3, 0.4) is 0 Å². The van der Waals surface area contributed by atoms with E-state index in [1.807, 2.05) is 36.4 Å². The smallest absolute Gasteiger partial charge is 0.231 e. The Labute approximate surface area is 132 Å². The monoisotopic (exact) mass is 349 g/mol. The van der Waals surface area contributed by atoms with E-state index in [9.17, 15) is 0 Å². The number of methoxy groups -OCH3 is 1. The van der Waals surface area contributed by atoms with Crippen LogP contribution in [0.15, 0.2) is 40.9 Å². The first-order chi connectivity index (χ1) is 10.2. The van der Waals surface area contributed by atoms with Crippen LogP contribution in [0.5, 0.6) is 17.2 Å². The van der Waals surface area contributed by atoms with Gasteiger partial charge < -0.3 is 19.5 Å². The van der Waals surface area contributed by atoms with Crippen molar-refractivity contribution in [3.05, 3.63) is 46.4 Å². The first kappa shape index (κ1) is 14.1. The second-order valence-corrected chi connectivity index (χ2v) is 5.68. The Hall–Kier alpha value is -1.88. The number of fused-ring (bicyclic) bond motifs is 1. The zero-order chi connectivity index (χ0) is 14.8. The Morgan fingerprint density at radius 2 is 1.95 bits per heavy atom. The van der Waals surface area contributed by atoms with Crippen molar-refractivity contribution in [1.29, 1.82) is 0 Å². The predicted octanol–water partition coefficient (Wildman–Crippen LogP) is 4.36. The van der Waals surface area contributed by atoms with Crippen LogP contribution in [0, 0.1) is 0 Å². The molecule has 2 aromatic carbocycles. The number of hydrogen-bond donors (Lipinski definition) is 1. The molecule has 0 saturated heterocycles. The Morgan fingerprint density at radius 1 is 1.14 bits per heavy atom. The molecule has 2 aromatic rings. The maximum atomic E-state index is 5.42. The highest BCUT2D eigenvalue weighted by Gasteiger charge is 2.16. The molecule has 1 aliphatic rings.